The number of rotatable bonds is 1. The number of esters is 1. The van der Waals surface area contributed by atoms with Crippen molar-refractivity contribution in [2.45, 2.75) is 6.92 Å². The molecule has 0 aliphatic rings. The molecule has 1 rings (SSSR count). The van der Waals surface area contributed by atoms with E-state index in [0.717, 1.165) is 0 Å². The molecular weight excluding hydrogens is 172 g/mol. The average molecular weight is 177 g/mol. The third kappa shape index (κ3) is 2.01. The highest BCUT2D eigenvalue weighted by atomic mass is 35.5. The van der Waals surface area contributed by atoms with E-state index in [9.17, 15) is 4.79 Å². The molecule has 10 heavy (non-hydrogen) atoms. The molecule has 1 heterocycles. The first-order valence-electron chi connectivity index (χ1n) is 2.62. The van der Waals surface area contributed by atoms with Gasteiger partial charge in [-0.1, -0.05) is 22.9 Å². The summed E-state index contributed by atoms with van der Waals surface area (Å²) in [5, 5.41) is 0.539. The Morgan fingerprint density at radius 1 is 1.70 bits per heavy atom. The summed E-state index contributed by atoms with van der Waals surface area (Å²) in [5.74, 6) is -0.321. The molecule has 0 fully saturated rings. The summed E-state index contributed by atoms with van der Waals surface area (Å²) < 4.78 is 5.35. The van der Waals surface area contributed by atoms with Crippen LogP contribution in [0.1, 0.15) is 6.92 Å². The summed E-state index contributed by atoms with van der Waals surface area (Å²) >= 11 is 6.81. The Balaban J connectivity index is 2.67. The van der Waals surface area contributed by atoms with Crippen LogP contribution in [0.4, 0.5) is 0 Å². The molecule has 4 heteroatoms. The van der Waals surface area contributed by atoms with Gasteiger partial charge in [0.1, 0.15) is 0 Å². The fraction of sp³-hybridized carbons (Fsp3) is 0.167. The van der Waals surface area contributed by atoms with Gasteiger partial charge in [-0.25, -0.2) is 0 Å². The molecule has 0 radical (unpaired) electrons. The molecule has 0 aromatic carbocycles. The Labute approximate surface area is 67.4 Å². The summed E-state index contributed by atoms with van der Waals surface area (Å²) in [4.78, 5) is 10.4. The smallest absolute Gasteiger partial charge is 0.308 e. The van der Waals surface area contributed by atoms with E-state index in [2.05, 4.69) is 0 Å². The fourth-order valence-corrected chi connectivity index (χ4v) is 1.41. The molecular formula is C6H5ClO2S. The second kappa shape index (κ2) is 3.03. The first-order valence-corrected chi connectivity index (χ1v) is 3.81. The summed E-state index contributed by atoms with van der Waals surface area (Å²) in [5.41, 5.74) is 0. The zero-order chi connectivity index (χ0) is 7.56. The highest BCUT2D eigenvalue weighted by molar-refractivity contribution is 7.17. The van der Waals surface area contributed by atoms with Gasteiger partial charge >= 0.3 is 5.97 Å². The molecule has 0 saturated carbocycles. The van der Waals surface area contributed by atoms with E-state index >= 15 is 0 Å². The van der Waals surface area contributed by atoms with E-state index < -0.39 is 0 Å². The minimum atomic E-state index is -0.321. The van der Waals surface area contributed by atoms with Gasteiger partial charge in [0, 0.05) is 6.92 Å². The zero-order valence-corrected chi connectivity index (χ0v) is 6.83. The number of hydrogen-bond donors (Lipinski definition) is 0. The Hall–Kier alpha value is -0.540. The summed E-state index contributed by atoms with van der Waals surface area (Å²) in [7, 11) is 0. The normalized spacial score (nSPS) is 9.40. The van der Waals surface area contributed by atoms with Crippen molar-refractivity contribution < 1.29 is 9.53 Å². The van der Waals surface area contributed by atoms with E-state index in [4.69, 9.17) is 16.3 Å². The fourth-order valence-electron chi connectivity index (χ4n) is 0.494. The molecule has 54 valence electrons. The Bertz CT molecular complexity index is 244. The van der Waals surface area contributed by atoms with Crippen molar-refractivity contribution in [3.05, 3.63) is 16.5 Å². The van der Waals surface area contributed by atoms with E-state index in [1.54, 1.807) is 12.1 Å². The molecule has 0 bridgehead atoms. The number of hydrogen-bond acceptors (Lipinski definition) is 3. The predicted molar refractivity (Wildman–Crippen MR) is 40.6 cm³/mol. The molecule has 1 aromatic rings. The summed E-state index contributed by atoms with van der Waals surface area (Å²) in [6.07, 6.45) is 0. The van der Waals surface area contributed by atoms with Crippen molar-refractivity contribution in [2.24, 2.45) is 0 Å². The number of carbonyl (C=O) groups excluding carboxylic acids is 1. The van der Waals surface area contributed by atoms with Gasteiger partial charge in [0.25, 0.3) is 0 Å². The molecule has 0 N–H and O–H groups in total. The van der Waals surface area contributed by atoms with Crippen LogP contribution in [0.15, 0.2) is 12.1 Å². The lowest BCUT2D eigenvalue weighted by Gasteiger charge is -1.92. The maximum atomic E-state index is 10.4. The Kier molecular flexibility index (Phi) is 2.29. The Morgan fingerprint density at radius 2 is 2.40 bits per heavy atom. The Morgan fingerprint density at radius 3 is 2.80 bits per heavy atom. The lowest BCUT2D eigenvalue weighted by Crippen LogP contribution is -1.98. The van der Waals surface area contributed by atoms with Gasteiger partial charge in [0.2, 0.25) is 0 Å². The predicted octanol–water partition coefficient (Wildman–Crippen LogP) is 2.33. The first-order chi connectivity index (χ1) is 4.68. The van der Waals surface area contributed by atoms with E-state index in [0.29, 0.717) is 9.40 Å². The summed E-state index contributed by atoms with van der Waals surface area (Å²) in [6, 6.07) is 3.35. The molecule has 0 unspecified atom stereocenters. The lowest BCUT2D eigenvalue weighted by atomic mass is 10.6. The topological polar surface area (TPSA) is 26.3 Å². The number of ether oxygens (including phenoxy) is 1. The van der Waals surface area contributed by atoms with Crippen LogP contribution in [0.2, 0.25) is 4.34 Å². The molecule has 0 aliphatic carbocycles. The molecule has 0 atom stereocenters. The van der Waals surface area contributed by atoms with Crippen LogP contribution in [-0.4, -0.2) is 5.97 Å². The van der Waals surface area contributed by atoms with Crippen molar-refractivity contribution in [3.63, 3.8) is 0 Å². The molecule has 0 saturated heterocycles. The van der Waals surface area contributed by atoms with Crippen molar-refractivity contribution in [1.82, 2.24) is 0 Å². The number of carbonyl (C=O) groups is 1. The molecule has 0 aliphatic heterocycles. The van der Waals surface area contributed by atoms with E-state index in [1.165, 1.54) is 18.3 Å². The average Bonchev–Trinajstić information content (AvgIpc) is 2.13. The minimum Gasteiger partial charge on any atom is -0.416 e. The van der Waals surface area contributed by atoms with Crippen molar-refractivity contribution in [3.8, 4) is 5.06 Å². The quantitative estimate of drug-likeness (QED) is 0.614. The molecule has 2 nitrogen and oxygen atoms in total. The zero-order valence-electron chi connectivity index (χ0n) is 5.26. The largest absolute Gasteiger partial charge is 0.416 e. The standard InChI is InChI=1S/C6H5ClO2S/c1-4(8)9-6-3-2-5(7)10-6/h2-3H,1H3. The molecule has 0 spiro atoms. The van der Waals surface area contributed by atoms with Gasteiger partial charge < -0.3 is 4.74 Å². The third-order valence-corrected chi connectivity index (χ3v) is 1.90. The maximum Gasteiger partial charge on any atom is 0.308 e. The second-order valence-corrected chi connectivity index (χ2v) is 3.33. The second-order valence-electron chi connectivity index (χ2n) is 1.65. The van der Waals surface area contributed by atoms with Crippen LogP contribution in [0.5, 0.6) is 5.06 Å². The van der Waals surface area contributed by atoms with Crippen LogP contribution in [0, 0.1) is 0 Å². The van der Waals surface area contributed by atoms with Crippen molar-refractivity contribution >= 4 is 28.9 Å². The van der Waals surface area contributed by atoms with Crippen LogP contribution in [-0.2, 0) is 4.79 Å². The van der Waals surface area contributed by atoms with Crippen molar-refractivity contribution in [1.29, 1.82) is 0 Å². The van der Waals surface area contributed by atoms with Gasteiger partial charge in [-0.2, -0.15) is 0 Å². The SMILES string of the molecule is CC(=O)Oc1ccc(Cl)s1. The third-order valence-electron chi connectivity index (χ3n) is 0.793. The lowest BCUT2D eigenvalue weighted by molar-refractivity contribution is -0.131. The highest BCUT2D eigenvalue weighted by Crippen LogP contribution is 2.27. The summed E-state index contributed by atoms with van der Waals surface area (Å²) in [6.45, 7) is 1.35. The van der Waals surface area contributed by atoms with Gasteiger partial charge in [0.05, 0.1) is 4.34 Å². The maximum absolute atomic E-state index is 10.4. The van der Waals surface area contributed by atoms with Crippen LogP contribution < -0.4 is 4.74 Å². The molecule has 0 amide bonds. The van der Waals surface area contributed by atoms with Crippen LogP contribution in [0.3, 0.4) is 0 Å². The highest BCUT2D eigenvalue weighted by Gasteiger charge is 1.99. The van der Waals surface area contributed by atoms with E-state index in [1.807, 2.05) is 0 Å². The van der Waals surface area contributed by atoms with Crippen molar-refractivity contribution in [2.75, 3.05) is 0 Å². The van der Waals surface area contributed by atoms with Gasteiger partial charge in [-0.15, -0.1) is 0 Å². The monoisotopic (exact) mass is 176 g/mol. The van der Waals surface area contributed by atoms with Gasteiger partial charge in [0.15, 0.2) is 5.06 Å². The van der Waals surface area contributed by atoms with Crippen LogP contribution in [0.25, 0.3) is 0 Å². The van der Waals surface area contributed by atoms with E-state index in [-0.39, 0.29) is 5.97 Å². The first kappa shape index (κ1) is 7.57. The number of halogens is 1. The minimum absolute atomic E-state index is 0.321. The van der Waals surface area contributed by atoms with Gasteiger partial charge in [-0.3, -0.25) is 4.79 Å². The molecule has 1 aromatic heterocycles. The number of thiophene rings is 1. The van der Waals surface area contributed by atoms with Crippen LogP contribution >= 0.6 is 22.9 Å². The van der Waals surface area contributed by atoms with Gasteiger partial charge in [-0.05, 0) is 12.1 Å².